The van der Waals surface area contributed by atoms with E-state index in [0.29, 0.717) is 35.6 Å². The zero-order valence-corrected chi connectivity index (χ0v) is 13.5. The molecule has 2 aromatic rings. The van der Waals surface area contributed by atoms with Gasteiger partial charge in [0.05, 0.1) is 10.6 Å². The SMILES string of the molecule is CS(=O)(=O)c1ccccc1-c1cnc(N2CCCC2=O)c(N)c1. The van der Waals surface area contributed by atoms with Crippen LogP contribution in [0.15, 0.2) is 41.4 Å². The maximum Gasteiger partial charge on any atom is 0.228 e. The van der Waals surface area contributed by atoms with E-state index in [1.807, 2.05) is 0 Å². The van der Waals surface area contributed by atoms with Crippen molar-refractivity contribution in [1.82, 2.24) is 4.98 Å². The van der Waals surface area contributed by atoms with Crippen molar-refractivity contribution in [2.45, 2.75) is 17.7 Å². The molecule has 0 bridgehead atoms. The summed E-state index contributed by atoms with van der Waals surface area (Å²) >= 11 is 0. The Bertz CT molecular complexity index is 878. The molecule has 0 atom stereocenters. The van der Waals surface area contributed by atoms with E-state index < -0.39 is 9.84 Å². The van der Waals surface area contributed by atoms with Crippen LogP contribution in [0.5, 0.6) is 0 Å². The van der Waals surface area contributed by atoms with Crippen LogP contribution >= 0.6 is 0 Å². The average molecular weight is 331 g/mol. The van der Waals surface area contributed by atoms with E-state index in [0.717, 1.165) is 6.42 Å². The van der Waals surface area contributed by atoms with Gasteiger partial charge in [0.25, 0.3) is 0 Å². The Balaban J connectivity index is 2.07. The third-order valence-electron chi connectivity index (χ3n) is 3.82. The monoisotopic (exact) mass is 331 g/mol. The van der Waals surface area contributed by atoms with Gasteiger partial charge in [0.15, 0.2) is 15.7 Å². The summed E-state index contributed by atoms with van der Waals surface area (Å²) in [5.41, 5.74) is 7.58. The molecule has 1 aliphatic heterocycles. The summed E-state index contributed by atoms with van der Waals surface area (Å²) in [4.78, 5) is 17.9. The van der Waals surface area contributed by atoms with Gasteiger partial charge in [-0.2, -0.15) is 0 Å². The van der Waals surface area contributed by atoms with Crippen LogP contribution in [-0.2, 0) is 14.6 Å². The molecule has 0 unspecified atom stereocenters. The zero-order chi connectivity index (χ0) is 16.6. The molecule has 0 spiro atoms. The number of pyridine rings is 1. The van der Waals surface area contributed by atoms with Gasteiger partial charge in [-0.05, 0) is 18.6 Å². The largest absolute Gasteiger partial charge is 0.396 e. The quantitative estimate of drug-likeness (QED) is 0.926. The fourth-order valence-corrected chi connectivity index (χ4v) is 3.66. The molecule has 23 heavy (non-hydrogen) atoms. The molecule has 3 rings (SSSR count). The second-order valence-corrected chi connectivity index (χ2v) is 7.54. The van der Waals surface area contributed by atoms with Crippen LogP contribution in [0.4, 0.5) is 11.5 Å². The van der Waals surface area contributed by atoms with E-state index >= 15 is 0 Å². The van der Waals surface area contributed by atoms with E-state index in [1.165, 1.54) is 6.26 Å². The number of aromatic nitrogens is 1. The number of amides is 1. The number of nitrogen functional groups attached to an aromatic ring is 1. The number of benzene rings is 1. The lowest BCUT2D eigenvalue weighted by atomic mass is 10.1. The molecule has 1 amide bonds. The molecule has 0 radical (unpaired) electrons. The molecule has 7 heteroatoms. The van der Waals surface area contributed by atoms with Crippen molar-refractivity contribution in [2.75, 3.05) is 23.4 Å². The Hall–Kier alpha value is -2.41. The lowest BCUT2D eigenvalue weighted by Crippen LogP contribution is -2.25. The Kier molecular flexibility index (Phi) is 3.81. The highest BCUT2D eigenvalue weighted by Gasteiger charge is 2.25. The summed E-state index contributed by atoms with van der Waals surface area (Å²) in [6.45, 7) is 0.606. The van der Waals surface area contributed by atoms with Crippen molar-refractivity contribution in [3.63, 3.8) is 0 Å². The van der Waals surface area contributed by atoms with Crippen molar-refractivity contribution < 1.29 is 13.2 Å². The van der Waals surface area contributed by atoms with Gasteiger partial charge in [0, 0.05) is 36.5 Å². The summed E-state index contributed by atoms with van der Waals surface area (Å²) in [7, 11) is -3.36. The van der Waals surface area contributed by atoms with Crippen molar-refractivity contribution in [3.05, 3.63) is 36.5 Å². The van der Waals surface area contributed by atoms with E-state index in [4.69, 9.17) is 5.73 Å². The van der Waals surface area contributed by atoms with E-state index in [9.17, 15) is 13.2 Å². The van der Waals surface area contributed by atoms with Gasteiger partial charge < -0.3 is 5.73 Å². The number of nitrogens with zero attached hydrogens (tertiary/aromatic N) is 2. The Labute approximate surface area is 134 Å². The smallest absolute Gasteiger partial charge is 0.228 e. The first-order chi connectivity index (χ1) is 10.9. The van der Waals surface area contributed by atoms with Crippen LogP contribution in [0.1, 0.15) is 12.8 Å². The lowest BCUT2D eigenvalue weighted by Gasteiger charge is -2.17. The number of carbonyl (C=O) groups is 1. The minimum Gasteiger partial charge on any atom is -0.396 e. The van der Waals surface area contributed by atoms with Crippen molar-refractivity contribution in [3.8, 4) is 11.1 Å². The summed E-state index contributed by atoms with van der Waals surface area (Å²) in [6, 6.07) is 8.37. The van der Waals surface area contributed by atoms with Crippen molar-refractivity contribution in [2.24, 2.45) is 0 Å². The van der Waals surface area contributed by atoms with Gasteiger partial charge >= 0.3 is 0 Å². The van der Waals surface area contributed by atoms with Crippen LogP contribution in [0.2, 0.25) is 0 Å². The third kappa shape index (κ3) is 2.92. The lowest BCUT2D eigenvalue weighted by molar-refractivity contribution is -0.117. The number of sulfone groups is 1. The average Bonchev–Trinajstić information content (AvgIpc) is 2.92. The Morgan fingerprint density at radius 1 is 1.26 bits per heavy atom. The van der Waals surface area contributed by atoms with Crippen LogP contribution in [0.3, 0.4) is 0 Å². The molecular formula is C16H17N3O3S. The zero-order valence-electron chi connectivity index (χ0n) is 12.7. The number of hydrogen-bond donors (Lipinski definition) is 1. The molecule has 0 aliphatic carbocycles. The predicted molar refractivity (Wildman–Crippen MR) is 88.8 cm³/mol. The standard InChI is InChI=1S/C16H17N3O3S/c1-23(21,22)14-6-3-2-5-12(14)11-9-13(17)16(18-10-11)19-8-4-7-15(19)20/h2-3,5-6,9-10H,4,7-8,17H2,1H3. The summed E-state index contributed by atoms with van der Waals surface area (Å²) in [5, 5.41) is 0. The van der Waals surface area contributed by atoms with Gasteiger partial charge in [-0.15, -0.1) is 0 Å². The molecule has 1 fully saturated rings. The van der Waals surface area contributed by atoms with Crippen LogP contribution in [0, 0.1) is 0 Å². The number of carbonyl (C=O) groups excluding carboxylic acids is 1. The highest BCUT2D eigenvalue weighted by molar-refractivity contribution is 7.90. The number of rotatable bonds is 3. The first-order valence-corrected chi connectivity index (χ1v) is 9.12. The molecule has 1 aliphatic rings. The van der Waals surface area contributed by atoms with Gasteiger partial charge in [-0.3, -0.25) is 9.69 Å². The maximum atomic E-state index is 11.9. The molecule has 2 N–H and O–H groups in total. The highest BCUT2D eigenvalue weighted by Crippen LogP contribution is 2.32. The van der Waals surface area contributed by atoms with Crippen molar-refractivity contribution >= 4 is 27.2 Å². The first-order valence-electron chi connectivity index (χ1n) is 7.23. The minimum atomic E-state index is -3.36. The molecule has 6 nitrogen and oxygen atoms in total. The second kappa shape index (κ2) is 5.66. The van der Waals surface area contributed by atoms with Crippen molar-refractivity contribution in [1.29, 1.82) is 0 Å². The summed E-state index contributed by atoms with van der Waals surface area (Å²) < 4.78 is 23.9. The maximum absolute atomic E-state index is 11.9. The normalized spacial score (nSPS) is 15.2. The van der Waals surface area contributed by atoms with E-state index in [-0.39, 0.29) is 10.8 Å². The summed E-state index contributed by atoms with van der Waals surface area (Å²) in [6.07, 6.45) is 4.01. The second-order valence-electron chi connectivity index (χ2n) is 5.55. The van der Waals surface area contributed by atoms with E-state index in [2.05, 4.69) is 4.98 Å². The topological polar surface area (TPSA) is 93.4 Å². The molecule has 1 aromatic carbocycles. The Morgan fingerprint density at radius 3 is 2.61 bits per heavy atom. The molecule has 1 aromatic heterocycles. The van der Waals surface area contributed by atoms with Crippen LogP contribution in [0.25, 0.3) is 11.1 Å². The molecule has 0 saturated carbocycles. The fraction of sp³-hybridized carbons (Fsp3) is 0.250. The predicted octanol–water partition coefficient (Wildman–Crippen LogP) is 1.86. The first kappa shape index (κ1) is 15.5. The van der Waals surface area contributed by atoms with Crippen LogP contribution < -0.4 is 10.6 Å². The molecule has 120 valence electrons. The van der Waals surface area contributed by atoms with Gasteiger partial charge in [0.2, 0.25) is 5.91 Å². The third-order valence-corrected chi connectivity index (χ3v) is 4.98. The van der Waals surface area contributed by atoms with Gasteiger partial charge in [-0.1, -0.05) is 18.2 Å². The van der Waals surface area contributed by atoms with Gasteiger partial charge in [0.1, 0.15) is 0 Å². The highest BCUT2D eigenvalue weighted by atomic mass is 32.2. The van der Waals surface area contributed by atoms with Crippen LogP contribution in [-0.4, -0.2) is 32.1 Å². The number of hydrogen-bond acceptors (Lipinski definition) is 5. The molecule has 1 saturated heterocycles. The summed E-state index contributed by atoms with van der Waals surface area (Å²) in [5.74, 6) is 0.446. The minimum absolute atomic E-state index is 0.00786. The fourth-order valence-electron chi connectivity index (χ4n) is 2.75. The number of nitrogens with two attached hydrogens (primary N) is 1. The Morgan fingerprint density at radius 2 is 2.00 bits per heavy atom. The molecular weight excluding hydrogens is 314 g/mol. The molecule has 2 heterocycles. The number of anilines is 2. The van der Waals surface area contributed by atoms with E-state index in [1.54, 1.807) is 41.4 Å². The van der Waals surface area contributed by atoms with Gasteiger partial charge in [-0.25, -0.2) is 13.4 Å².